The van der Waals surface area contributed by atoms with Crippen LogP contribution in [0.2, 0.25) is 5.02 Å². The molecule has 1 aromatic carbocycles. The maximum atomic E-state index is 10.6. The van der Waals surface area contributed by atoms with Crippen LogP contribution in [0.1, 0.15) is 5.69 Å². The highest BCUT2D eigenvalue weighted by Crippen LogP contribution is 2.27. The molecule has 0 amide bonds. The topological polar surface area (TPSA) is 85.9 Å². The van der Waals surface area contributed by atoms with Gasteiger partial charge in [0.15, 0.2) is 0 Å². The molecule has 0 atom stereocenters. The van der Waals surface area contributed by atoms with E-state index in [-0.39, 0.29) is 10.7 Å². The van der Waals surface area contributed by atoms with Crippen LogP contribution >= 0.6 is 11.6 Å². The highest BCUT2D eigenvalue weighted by molar-refractivity contribution is 6.32. The van der Waals surface area contributed by atoms with E-state index in [1.165, 1.54) is 12.1 Å². The Morgan fingerprint density at radius 2 is 2.33 bits per heavy atom. The first-order valence-corrected chi connectivity index (χ1v) is 5.47. The van der Waals surface area contributed by atoms with Gasteiger partial charge in [-0.2, -0.15) is 0 Å². The molecular formula is C10H10ClN5O2. The number of nitrogens with one attached hydrogen (secondary N) is 1. The number of nitrogens with zero attached hydrogens (tertiary/aromatic N) is 4. The normalized spacial score (nSPS) is 10.3. The van der Waals surface area contributed by atoms with Gasteiger partial charge in [0.05, 0.1) is 11.5 Å². The molecule has 8 heteroatoms. The number of aromatic nitrogens is 3. The fraction of sp³-hybridized carbons (Fsp3) is 0.200. The summed E-state index contributed by atoms with van der Waals surface area (Å²) in [6.45, 7) is 0.474. The van der Waals surface area contributed by atoms with Crippen molar-refractivity contribution >= 4 is 23.0 Å². The van der Waals surface area contributed by atoms with Crippen molar-refractivity contribution in [3.8, 4) is 0 Å². The minimum absolute atomic E-state index is 0.101. The van der Waals surface area contributed by atoms with E-state index < -0.39 is 4.92 Å². The molecule has 18 heavy (non-hydrogen) atoms. The Bertz CT molecular complexity index is 583. The molecule has 0 aliphatic carbocycles. The molecule has 0 aliphatic heterocycles. The molecule has 0 unspecified atom stereocenters. The maximum absolute atomic E-state index is 10.6. The van der Waals surface area contributed by atoms with E-state index in [1.807, 2.05) is 0 Å². The quantitative estimate of drug-likeness (QED) is 0.676. The van der Waals surface area contributed by atoms with Gasteiger partial charge in [-0.05, 0) is 12.1 Å². The predicted octanol–water partition coefficient (Wildman–Crippen LogP) is 1.99. The summed E-state index contributed by atoms with van der Waals surface area (Å²) in [6.07, 6.45) is 1.78. The summed E-state index contributed by atoms with van der Waals surface area (Å²) in [5, 5.41) is 21.5. The standard InChI is InChI=1S/C10H10ClN5O2/c1-15-6-8(13-14-15)5-12-7-2-3-10(16(17)18)9(11)4-7/h2-4,6,12H,5H2,1H3. The first-order valence-electron chi connectivity index (χ1n) is 5.09. The predicted molar refractivity (Wildman–Crippen MR) is 66.4 cm³/mol. The second kappa shape index (κ2) is 5.01. The van der Waals surface area contributed by atoms with Crippen LogP contribution in [0, 0.1) is 10.1 Å². The van der Waals surface area contributed by atoms with Gasteiger partial charge in [0.1, 0.15) is 10.7 Å². The number of anilines is 1. The van der Waals surface area contributed by atoms with E-state index in [1.54, 1.807) is 24.0 Å². The Morgan fingerprint density at radius 3 is 2.89 bits per heavy atom. The largest absolute Gasteiger partial charge is 0.379 e. The summed E-state index contributed by atoms with van der Waals surface area (Å²) in [5.74, 6) is 0. The highest BCUT2D eigenvalue weighted by Gasteiger charge is 2.11. The first-order chi connectivity index (χ1) is 8.56. The Morgan fingerprint density at radius 1 is 1.56 bits per heavy atom. The third-order valence-electron chi connectivity index (χ3n) is 2.27. The van der Waals surface area contributed by atoms with Crippen molar-refractivity contribution in [2.24, 2.45) is 7.05 Å². The van der Waals surface area contributed by atoms with Crippen LogP contribution in [0.25, 0.3) is 0 Å². The Hall–Kier alpha value is -2.15. The molecule has 2 rings (SSSR count). The average Bonchev–Trinajstić information content (AvgIpc) is 2.72. The second-order valence-electron chi connectivity index (χ2n) is 3.66. The van der Waals surface area contributed by atoms with E-state index >= 15 is 0 Å². The molecule has 7 nitrogen and oxygen atoms in total. The van der Waals surface area contributed by atoms with Gasteiger partial charge in [0, 0.05) is 25.0 Å². The molecule has 0 saturated heterocycles. The minimum atomic E-state index is -0.519. The van der Waals surface area contributed by atoms with Crippen molar-refractivity contribution in [3.63, 3.8) is 0 Å². The van der Waals surface area contributed by atoms with E-state index in [2.05, 4.69) is 15.6 Å². The van der Waals surface area contributed by atoms with Gasteiger partial charge in [-0.15, -0.1) is 5.10 Å². The zero-order valence-corrected chi connectivity index (χ0v) is 10.3. The third-order valence-corrected chi connectivity index (χ3v) is 2.57. The molecule has 0 spiro atoms. The molecule has 0 radical (unpaired) electrons. The summed E-state index contributed by atoms with van der Waals surface area (Å²) in [4.78, 5) is 10.1. The van der Waals surface area contributed by atoms with E-state index in [4.69, 9.17) is 11.6 Å². The number of nitro benzene ring substituents is 1. The highest BCUT2D eigenvalue weighted by atomic mass is 35.5. The van der Waals surface area contributed by atoms with Crippen LogP contribution in [-0.4, -0.2) is 19.9 Å². The lowest BCUT2D eigenvalue weighted by Crippen LogP contribution is -2.00. The van der Waals surface area contributed by atoms with Crippen molar-refractivity contribution in [1.29, 1.82) is 0 Å². The van der Waals surface area contributed by atoms with Gasteiger partial charge < -0.3 is 5.32 Å². The van der Waals surface area contributed by atoms with E-state index in [0.717, 1.165) is 5.69 Å². The van der Waals surface area contributed by atoms with Gasteiger partial charge in [0.2, 0.25) is 0 Å². The molecular weight excluding hydrogens is 258 g/mol. The van der Waals surface area contributed by atoms with Crippen LogP contribution in [0.4, 0.5) is 11.4 Å². The first kappa shape index (κ1) is 12.3. The van der Waals surface area contributed by atoms with Gasteiger partial charge in [-0.3, -0.25) is 14.8 Å². The second-order valence-corrected chi connectivity index (χ2v) is 4.07. The van der Waals surface area contributed by atoms with Gasteiger partial charge in [-0.1, -0.05) is 16.8 Å². The van der Waals surface area contributed by atoms with Crippen molar-refractivity contribution in [3.05, 3.63) is 45.2 Å². The van der Waals surface area contributed by atoms with Crippen molar-refractivity contribution in [1.82, 2.24) is 15.0 Å². The number of rotatable bonds is 4. The lowest BCUT2D eigenvalue weighted by Gasteiger charge is -2.04. The van der Waals surface area contributed by atoms with Crippen LogP contribution in [-0.2, 0) is 13.6 Å². The number of hydrogen-bond donors (Lipinski definition) is 1. The van der Waals surface area contributed by atoms with Crippen molar-refractivity contribution in [2.75, 3.05) is 5.32 Å². The number of hydrogen-bond acceptors (Lipinski definition) is 5. The number of halogens is 1. The molecule has 1 heterocycles. The molecule has 94 valence electrons. The Kier molecular flexibility index (Phi) is 3.42. The molecule has 2 aromatic rings. The summed E-state index contributed by atoms with van der Waals surface area (Å²) in [6, 6.07) is 4.47. The zero-order valence-electron chi connectivity index (χ0n) is 9.50. The van der Waals surface area contributed by atoms with Crippen LogP contribution < -0.4 is 5.32 Å². The summed E-state index contributed by atoms with van der Waals surface area (Å²) < 4.78 is 1.60. The maximum Gasteiger partial charge on any atom is 0.288 e. The monoisotopic (exact) mass is 267 g/mol. The fourth-order valence-electron chi connectivity index (χ4n) is 1.43. The van der Waals surface area contributed by atoms with Crippen LogP contribution in [0.15, 0.2) is 24.4 Å². The van der Waals surface area contributed by atoms with Crippen LogP contribution in [0.5, 0.6) is 0 Å². The van der Waals surface area contributed by atoms with Crippen LogP contribution in [0.3, 0.4) is 0 Å². The lowest BCUT2D eigenvalue weighted by molar-refractivity contribution is -0.384. The third kappa shape index (κ3) is 2.75. The van der Waals surface area contributed by atoms with Gasteiger partial charge in [0.25, 0.3) is 5.69 Å². The molecule has 1 aromatic heterocycles. The van der Waals surface area contributed by atoms with E-state index in [0.29, 0.717) is 12.2 Å². The van der Waals surface area contributed by atoms with Crippen molar-refractivity contribution < 1.29 is 4.92 Å². The summed E-state index contributed by atoms with van der Waals surface area (Å²) in [7, 11) is 1.78. The average molecular weight is 268 g/mol. The summed E-state index contributed by atoms with van der Waals surface area (Å²) in [5.41, 5.74) is 1.35. The molecule has 0 fully saturated rings. The molecule has 0 bridgehead atoms. The molecule has 0 saturated carbocycles. The van der Waals surface area contributed by atoms with Gasteiger partial charge >= 0.3 is 0 Å². The molecule has 0 aliphatic rings. The van der Waals surface area contributed by atoms with E-state index in [9.17, 15) is 10.1 Å². The number of benzene rings is 1. The van der Waals surface area contributed by atoms with Gasteiger partial charge in [-0.25, -0.2) is 0 Å². The van der Waals surface area contributed by atoms with Crippen molar-refractivity contribution in [2.45, 2.75) is 6.54 Å². The zero-order chi connectivity index (χ0) is 13.1. The number of nitro groups is 1. The lowest BCUT2D eigenvalue weighted by atomic mass is 10.3. The smallest absolute Gasteiger partial charge is 0.288 e. The molecule has 1 N–H and O–H groups in total. The minimum Gasteiger partial charge on any atom is -0.379 e. The Labute approximate surface area is 108 Å². The summed E-state index contributed by atoms with van der Waals surface area (Å²) >= 11 is 5.80. The SMILES string of the molecule is Cn1cc(CNc2ccc([N+](=O)[O-])c(Cl)c2)nn1. The number of aryl methyl sites for hydroxylation is 1. The Balaban J connectivity index is 2.06. The fourth-order valence-corrected chi connectivity index (χ4v) is 1.68.